The highest BCUT2D eigenvalue weighted by atomic mass is 15.0. The van der Waals surface area contributed by atoms with Crippen LogP contribution in [-0.4, -0.2) is 21.1 Å². The smallest absolute Gasteiger partial charge is 0.0821 e. The topological polar surface area (TPSA) is 36.1 Å². The van der Waals surface area contributed by atoms with E-state index in [1.807, 2.05) is 33.3 Å². The Morgan fingerprint density at radius 1 is 0.875 bits per heavy atom. The van der Waals surface area contributed by atoms with Crippen LogP contribution in [0.4, 0.5) is 17.1 Å². The molecule has 0 saturated heterocycles. The van der Waals surface area contributed by atoms with Gasteiger partial charge in [-0.1, -0.05) is 24.3 Å². The van der Waals surface area contributed by atoms with Crippen molar-refractivity contribution in [2.75, 3.05) is 37.1 Å². The minimum atomic E-state index is 0.977. The van der Waals surface area contributed by atoms with Gasteiger partial charge in [-0.25, -0.2) is 0 Å². The highest BCUT2D eigenvalue weighted by molar-refractivity contribution is 6.04. The summed E-state index contributed by atoms with van der Waals surface area (Å²) in [6.07, 6.45) is 0. The molecule has 0 saturated carbocycles. The van der Waals surface area contributed by atoms with E-state index < -0.39 is 0 Å². The van der Waals surface area contributed by atoms with E-state index in [-0.39, 0.29) is 0 Å². The predicted octanol–water partition coefficient (Wildman–Crippen LogP) is 2.77. The first-order valence-electron chi connectivity index (χ1n) is 5.33. The lowest BCUT2D eigenvalue weighted by atomic mass is 10.1. The summed E-state index contributed by atoms with van der Waals surface area (Å²) >= 11 is 0. The second-order valence-corrected chi connectivity index (χ2v) is 3.55. The molecule has 3 nitrogen and oxygen atoms in total. The third kappa shape index (κ3) is 1.54. The van der Waals surface area contributed by atoms with Crippen LogP contribution in [0.3, 0.4) is 0 Å². The summed E-state index contributed by atoms with van der Waals surface area (Å²) in [5.41, 5.74) is 3.12. The monoisotopic (exact) mass is 214 g/mol. The Morgan fingerprint density at radius 2 is 1.56 bits per heavy atom. The van der Waals surface area contributed by atoms with E-state index in [9.17, 15) is 0 Å². The van der Waals surface area contributed by atoms with Crippen LogP contribution >= 0.6 is 0 Å². The first-order valence-corrected chi connectivity index (χ1v) is 5.33. The summed E-state index contributed by atoms with van der Waals surface area (Å²) in [5.74, 6) is 0. The van der Waals surface area contributed by atoms with Crippen LogP contribution in [0.1, 0.15) is 0 Å². The van der Waals surface area contributed by atoms with Gasteiger partial charge in [-0.05, 0) is 5.39 Å². The molecule has 0 atom stereocenters. The van der Waals surface area contributed by atoms with Crippen LogP contribution < -0.4 is 16.0 Å². The molecule has 0 aliphatic rings. The number of nitrogens with one attached hydrogen (secondary N) is 3. The van der Waals surface area contributed by atoms with Crippen molar-refractivity contribution in [3.8, 4) is 0 Å². The SMILES string of the molecule is CNc1[c]c2ccccc2c(NC)c1NC. The van der Waals surface area contributed by atoms with Crippen molar-refractivity contribution < 1.29 is 0 Å². The molecule has 0 heterocycles. The Hall–Kier alpha value is -1.90. The summed E-state index contributed by atoms with van der Waals surface area (Å²) in [6.45, 7) is 0. The molecule has 3 heteroatoms. The average Bonchev–Trinajstić information content (AvgIpc) is 2.36. The number of rotatable bonds is 3. The Labute approximate surface area is 95.9 Å². The van der Waals surface area contributed by atoms with E-state index in [4.69, 9.17) is 0 Å². The van der Waals surface area contributed by atoms with Crippen molar-refractivity contribution in [1.82, 2.24) is 0 Å². The van der Waals surface area contributed by atoms with E-state index in [0.29, 0.717) is 0 Å². The molecule has 0 aromatic heterocycles. The van der Waals surface area contributed by atoms with Crippen LogP contribution in [0.2, 0.25) is 0 Å². The van der Waals surface area contributed by atoms with Crippen LogP contribution in [0.25, 0.3) is 10.8 Å². The van der Waals surface area contributed by atoms with Crippen molar-refractivity contribution in [2.24, 2.45) is 0 Å². The minimum absolute atomic E-state index is 0.977. The minimum Gasteiger partial charge on any atom is -0.386 e. The standard InChI is InChI=1S/C13H16N3/c1-14-11-8-9-6-4-5-7-10(9)12(15-2)13(11)16-3/h4-7,14-16H,1-3H3. The van der Waals surface area contributed by atoms with Crippen molar-refractivity contribution in [3.63, 3.8) is 0 Å². The first-order chi connectivity index (χ1) is 7.81. The summed E-state index contributed by atoms with van der Waals surface area (Å²) in [6, 6.07) is 11.6. The van der Waals surface area contributed by atoms with Crippen molar-refractivity contribution >= 4 is 27.8 Å². The fourth-order valence-electron chi connectivity index (χ4n) is 1.96. The van der Waals surface area contributed by atoms with Gasteiger partial charge < -0.3 is 16.0 Å². The summed E-state index contributed by atoms with van der Waals surface area (Å²) < 4.78 is 0. The Kier molecular flexibility index (Phi) is 2.86. The Morgan fingerprint density at radius 3 is 2.19 bits per heavy atom. The maximum absolute atomic E-state index is 3.36. The van der Waals surface area contributed by atoms with Gasteiger partial charge in [0.1, 0.15) is 0 Å². The number of hydrogen-bond donors (Lipinski definition) is 3. The first kappa shape index (κ1) is 10.6. The van der Waals surface area contributed by atoms with Gasteiger partial charge in [-0.2, -0.15) is 0 Å². The third-order valence-corrected chi connectivity index (χ3v) is 2.71. The summed E-state index contributed by atoms with van der Waals surface area (Å²) in [7, 11) is 5.75. The molecule has 83 valence electrons. The average molecular weight is 214 g/mol. The highest BCUT2D eigenvalue weighted by Gasteiger charge is 2.10. The molecule has 1 radical (unpaired) electrons. The Bertz CT molecular complexity index is 506. The zero-order valence-corrected chi connectivity index (χ0v) is 9.81. The molecular weight excluding hydrogens is 198 g/mol. The number of anilines is 3. The van der Waals surface area contributed by atoms with Crippen LogP contribution in [0, 0.1) is 6.07 Å². The molecule has 2 rings (SSSR count). The Balaban J connectivity index is 2.82. The normalized spacial score (nSPS) is 10.2. The lowest BCUT2D eigenvalue weighted by molar-refractivity contribution is 1.43. The predicted molar refractivity (Wildman–Crippen MR) is 71.4 cm³/mol. The van der Waals surface area contributed by atoms with E-state index in [2.05, 4.69) is 34.1 Å². The quantitative estimate of drug-likeness (QED) is 0.735. The van der Waals surface area contributed by atoms with Gasteiger partial charge in [0, 0.05) is 32.6 Å². The molecule has 0 aliphatic heterocycles. The summed E-state index contributed by atoms with van der Waals surface area (Å²) in [5, 5.41) is 11.9. The van der Waals surface area contributed by atoms with Gasteiger partial charge in [-0.3, -0.25) is 0 Å². The fraction of sp³-hybridized carbons (Fsp3) is 0.231. The maximum atomic E-state index is 3.36. The molecule has 2 aromatic rings. The highest BCUT2D eigenvalue weighted by Crippen LogP contribution is 2.36. The van der Waals surface area contributed by atoms with E-state index in [0.717, 1.165) is 22.4 Å². The van der Waals surface area contributed by atoms with Crippen molar-refractivity contribution in [2.45, 2.75) is 0 Å². The largest absolute Gasteiger partial charge is 0.386 e. The number of fused-ring (bicyclic) bond motifs is 1. The van der Waals surface area contributed by atoms with Gasteiger partial charge in [0.25, 0.3) is 0 Å². The van der Waals surface area contributed by atoms with Gasteiger partial charge in [0.2, 0.25) is 0 Å². The second kappa shape index (κ2) is 4.31. The van der Waals surface area contributed by atoms with Gasteiger partial charge >= 0.3 is 0 Å². The molecule has 0 amide bonds. The molecule has 0 aliphatic carbocycles. The zero-order chi connectivity index (χ0) is 11.5. The lowest BCUT2D eigenvalue weighted by Gasteiger charge is -2.16. The van der Waals surface area contributed by atoms with Crippen LogP contribution in [-0.2, 0) is 0 Å². The van der Waals surface area contributed by atoms with Crippen LogP contribution in [0.5, 0.6) is 0 Å². The van der Waals surface area contributed by atoms with E-state index in [1.54, 1.807) is 0 Å². The van der Waals surface area contributed by atoms with Crippen molar-refractivity contribution in [1.29, 1.82) is 0 Å². The zero-order valence-electron chi connectivity index (χ0n) is 9.81. The maximum Gasteiger partial charge on any atom is 0.0821 e. The molecule has 0 spiro atoms. The lowest BCUT2D eigenvalue weighted by Crippen LogP contribution is -2.02. The van der Waals surface area contributed by atoms with Gasteiger partial charge in [0.15, 0.2) is 0 Å². The molecule has 0 fully saturated rings. The van der Waals surface area contributed by atoms with Crippen molar-refractivity contribution in [3.05, 3.63) is 30.3 Å². The molecule has 0 unspecified atom stereocenters. The molecule has 3 N–H and O–H groups in total. The number of hydrogen-bond acceptors (Lipinski definition) is 3. The van der Waals surface area contributed by atoms with E-state index in [1.165, 1.54) is 5.39 Å². The third-order valence-electron chi connectivity index (χ3n) is 2.71. The van der Waals surface area contributed by atoms with Gasteiger partial charge in [-0.15, -0.1) is 0 Å². The molecule has 16 heavy (non-hydrogen) atoms. The molecule has 2 aromatic carbocycles. The number of benzene rings is 2. The van der Waals surface area contributed by atoms with Crippen LogP contribution in [0.15, 0.2) is 24.3 Å². The fourth-order valence-corrected chi connectivity index (χ4v) is 1.96. The molecule has 0 bridgehead atoms. The van der Waals surface area contributed by atoms with E-state index >= 15 is 0 Å². The molecular formula is C13H16N3. The van der Waals surface area contributed by atoms with Gasteiger partial charge in [0.05, 0.1) is 17.1 Å². The summed E-state index contributed by atoms with van der Waals surface area (Å²) in [4.78, 5) is 0. The second-order valence-electron chi connectivity index (χ2n) is 3.55.